The Labute approximate surface area is 111 Å². The Hall–Kier alpha value is -1.55. The smallest absolute Gasteiger partial charge is 0.242 e. The number of rotatable bonds is 3. The first-order valence-electron chi connectivity index (χ1n) is 5.75. The van der Waals surface area contributed by atoms with E-state index in [2.05, 4.69) is 4.98 Å². The maximum Gasteiger partial charge on any atom is 0.242 e. The van der Waals surface area contributed by atoms with Crippen molar-refractivity contribution in [2.24, 2.45) is 0 Å². The van der Waals surface area contributed by atoms with Crippen molar-refractivity contribution in [3.63, 3.8) is 0 Å². The molecule has 2 rings (SSSR count). The van der Waals surface area contributed by atoms with Gasteiger partial charge in [-0.2, -0.15) is 0 Å². The molecule has 0 aliphatic rings. The highest BCUT2D eigenvalue weighted by molar-refractivity contribution is 6.16. The molecule has 4 nitrogen and oxygen atoms in total. The van der Waals surface area contributed by atoms with Crippen LogP contribution in [-0.4, -0.2) is 34.5 Å². The first-order valence-corrected chi connectivity index (χ1v) is 6.28. The second-order valence-corrected chi connectivity index (χ2v) is 4.80. The monoisotopic (exact) mass is 265 g/mol. The zero-order chi connectivity index (χ0) is 13.3. The van der Waals surface area contributed by atoms with Crippen molar-refractivity contribution in [2.45, 2.75) is 19.3 Å². The number of halogens is 1. The summed E-state index contributed by atoms with van der Waals surface area (Å²) in [6, 6.07) is 6.00. The van der Waals surface area contributed by atoms with Crippen LogP contribution in [0.2, 0.25) is 0 Å². The molecule has 0 aliphatic heterocycles. The van der Waals surface area contributed by atoms with Crippen LogP contribution < -0.4 is 0 Å². The molecule has 0 radical (unpaired) electrons. The van der Waals surface area contributed by atoms with Crippen molar-refractivity contribution < 1.29 is 4.79 Å². The summed E-state index contributed by atoms with van der Waals surface area (Å²) in [5.41, 5.74) is 2.98. The lowest BCUT2D eigenvalue weighted by atomic mass is 10.2. The number of aryl methyl sites for hydroxylation is 1. The van der Waals surface area contributed by atoms with Crippen molar-refractivity contribution in [3.05, 3.63) is 29.6 Å². The van der Waals surface area contributed by atoms with Crippen LogP contribution in [0.1, 0.15) is 11.4 Å². The Kier molecular flexibility index (Phi) is 3.57. The first kappa shape index (κ1) is 12.9. The molecule has 0 saturated carbocycles. The van der Waals surface area contributed by atoms with Gasteiger partial charge < -0.3 is 9.47 Å². The summed E-state index contributed by atoms with van der Waals surface area (Å²) < 4.78 is 1.88. The minimum atomic E-state index is 0.0289. The molecule has 1 amide bonds. The first-order chi connectivity index (χ1) is 8.52. The van der Waals surface area contributed by atoms with Gasteiger partial charge in [0.25, 0.3) is 0 Å². The Morgan fingerprint density at radius 1 is 1.44 bits per heavy atom. The van der Waals surface area contributed by atoms with Gasteiger partial charge in [-0.1, -0.05) is 6.07 Å². The van der Waals surface area contributed by atoms with Gasteiger partial charge in [0.15, 0.2) is 0 Å². The molecule has 0 unspecified atom stereocenters. The van der Waals surface area contributed by atoms with Gasteiger partial charge in [-0.05, 0) is 24.6 Å². The van der Waals surface area contributed by atoms with Crippen molar-refractivity contribution in [3.8, 4) is 0 Å². The predicted octanol–water partition coefficient (Wildman–Crippen LogP) is 2.17. The van der Waals surface area contributed by atoms with E-state index in [1.165, 1.54) is 0 Å². The number of benzene rings is 1. The number of likely N-dealkylation sites (N-methyl/N-ethyl adjacent to an activating group) is 1. The minimum absolute atomic E-state index is 0.0289. The average molecular weight is 266 g/mol. The lowest BCUT2D eigenvalue weighted by Gasteiger charge is -2.12. The molecule has 1 aromatic heterocycles. The normalized spacial score (nSPS) is 10.9. The number of alkyl halides is 1. The number of hydrogen-bond donors (Lipinski definition) is 0. The maximum absolute atomic E-state index is 11.8. The highest BCUT2D eigenvalue weighted by atomic mass is 35.5. The molecule has 0 bridgehead atoms. The predicted molar refractivity (Wildman–Crippen MR) is 72.7 cm³/mol. The van der Waals surface area contributed by atoms with Crippen LogP contribution in [0.25, 0.3) is 11.0 Å². The molecule has 5 heteroatoms. The summed E-state index contributed by atoms with van der Waals surface area (Å²) in [6.07, 6.45) is 0. The van der Waals surface area contributed by atoms with E-state index in [1.54, 1.807) is 19.0 Å². The molecule has 0 aliphatic carbocycles. The van der Waals surface area contributed by atoms with Crippen LogP contribution in [0.4, 0.5) is 0 Å². The number of carbonyl (C=O) groups is 1. The van der Waals surface area contributed by atoms with Crippen LogP contribution in [-0.2, 0) is 17.2 Å². The molecule has 1 aromatic carbocycles. The van der Waals surface area contributed by atoms with E-state index in [-0.39, 0.29) is 12.5 Å². The Morgan fingerprint density at radius 2 is 2.17 bits per heavy atom. The molecular formula is C13H16ClN3O. The number of hydrogen-bond acceptors (Lipinski definition) is 2. The number of nitrogens with zero attached hydrogens (tertiary/aromatic N) is 3. The number of amides is 1. The zero-order valence-electron chi connectivity index (χ0n) is 10.8. The fourth-order valence-electron chi connectivity index (χ4n) is 1.84. The third kappa shape index (κ3) is 2.34. The summed E-state index contributed by atoms with van der Waals surface area (Å²) >= 11 is 5.90. The van der Waals surface area contributed by atoms with Crippen molar-refractivity contribution in [1.29, 1.82) is 0 Å². The SMILES string of the molecule is Cc1ccc2c(c1)nc(CCl)n2CC(=O)N(C)C. The Morgan fingerprint density at radius 3 is 2.78 bits per heavy atom. The second-order valence-electron chi connectivity index (χ2n) is 4.53. The topological polar surface area (TPSA) is 38.1 Å². The molecule has 1 heterocycles. The van der Waals surface area contributed by atoms with Crippen molar-refractivity contribution >= 4 is 28.5 Å². The third-order valence-electron chi connectivity index (χ3n) is 2.89. The van der Waals surface area contributed by atoms with Gasteiger partial charge >= 0.3 is 0 Å². The van der Waals surface area contributed by atoms with E-state index in [0.29, 0.717) is 5.88 Å². The largest absolute Gasteiger partial charge is 0.347 e. The van der Waals surface area contributed by atoms with E-state index in [0.717, 1.165) is 22.4 Å². The van der Waals surface area contributed by atoms with Crippen molar-refractivity contribution in [2.75, 3.05) is 14.1 Å². The highest BCUT2D eigenvalue weighted by Crippen LogP contribution is 2.19. The summed E-state index contributed by atoms with van der Waals surface area (Å²) in [5.74, 6) is 1.06. The fraction of sp³-hybridized carbons (Fsp3) is 0.385. The molecule has 0 atom stereocenters. The summed E-state index contributed by atoms with van der Waals surface area (Å²) in [7, 11) is 3.48. The molecule has 0 spiro atoms. The molecule has 18 heavy (non-hydrogen) atoms. The molecule has 2 aromatic rings. The third-order valence-corrected chi connectivity index (χ3v) is 3.13. The molecular weight excluding hydrogens is 250 g/mol. The Balaban J connectivity index is 2.50. The van der Waals surface area contributed by atoms with Crippen LogP contribution >= 0.6 is 11.6 Å². The summed E-state index contributed by atoms with van der Waals surface area (Å²) in [6.45, 7) is 2.29. The lowest BCUT2D eigenvalue weighted by molar-refractivity contribution is -0.129. The van der Waals surface area contributed by atoms with E-state index in [9.17, 15) is 4.79 Å². The molecule has 96 valence electrons. The van der Waals surface area contributed by atoms with E-state index in [1.807, 2.05) is 29.7 Å². The van der Waals surface area contributed by atoms with Crippen LogP contribution in [0.15, 0.2) is 18.2 Å². The quantitative estimate of drug-likeness (QED) is 0.798. The van der Waals surface area contributed by atoms with Gasteiger partial charge in [-0.15, -0.1) is 11.6 Å². The number of carbonyl (C=O) groups excluding carboxylic acids is 1. The van der Waals surface area contributed by atoms with Gasteiger partial charge in [0.1, 0.15) is 12.4 Å². The zero-order valence-corrected chi connectivity index (χ0v) is 11.5. The van der Waals surface area contributed by atoms with E-state index < -0.39 is 0 Å². The van der Waals surface area contributed by atoms with Gasteiger partial charge in [0.05, 0.1) is 16.9 Å². The molecule has 0 N–H and O–H groups in total. The van der Waals surface area contributed by atoms with Crippen molar-refractivity contribution in [1.82, 2.24) is 14.5 Å². The lowest BCUT2D eigenvalue weighted by Crippen LogP contribution is -2.26. The standard InChI is InChI=1S/C13H16ClN3O/c1-9-4-5-11-10(6-9)15-12(7-14)17(11)8-13(18)16(2)3/h4-6H,7-8H2,1-3H3. The Bertz CT molecular complexity index is 589. The number of aromatic nitrogens is 2. The van der Waals surface area contributed by atoms with Gasteiger partial charge in [0, 0.05) is 14.1 Å². The van der Waals surface area contributed by atoms with E-state index in [4.69, 9.17) is 11.6 Å². The molecule has 0 saturated heterocycles. The number of imidazole rings is 1. The highest BCUT2D eigenvalue weighted by Gasteiger charge is 2.14. The van der Waals surface area contributed by atoms with Crippen LogP contribution in [0, 0.1) is 6.92 Å². The van der Waals surface area contributed by atoms with Gasteiger partial charge in [-0.3, -0.25) is 4.79 Å². The van der Waals surface area contributed by atoms with E-state index >= 15 is 0 Å². The van der Waals surface area contributed by atoms with Crippen LogP contribution in [0.5, 0.6) is 0 Å². The van der Waals surface area contributed by atoms with Gasteiger partial charge in [-0.25, -0.2) is 4.98 Å². The van der Waals surface area contributed by atoms with Crippen LogP contribution in [0.3, 0.4) is 0 Å². The number of fused-ring (bicyclic) bond motifs is 1. The maximum atomic E-state index is 11.8. The second kappa shape index (κ2) is 4.98. The minimum Gasteiger partial charge on any atom is -0.347 e. The average Bonchev–Trinajstić information content (AvgIpc) is 2.66. The summed E-state index contributed by atoms with van der Waals surface area (Å²) in [4.78, 5) is 17.9. The molecule has 0 fully saturated rings. The van der Waals surface area contributed by atoms with Gasteiger partial charge in [0.2, 0.25) is 5.91 Å². The fourth-order valence-corrected chi connectivity index (χ4v) is 2.05. The summed E-state index contributed by atoms with van der Waals surface area (Å²) in [5, 5.41) is 0.